The first-order valence-corrected chi connectivity index (χ1v) is 15.6. The fourth-order valence-corrected chi connectivity index (χ4v) is 6.96. The predicted molar refractivity (Wildman–Crippen MR) is 157 cm³/mol. The number of benzene rings is 3. The monoisotopic (exact) mass is 614 g/mol. The van der Waals surface area contributed by atoms with E-state index in [1.54, 1.807) is 12.1 Å². The minimum absolute atomic E-state index is 0.187. The normalized spacial score (nSPS) is 23.4. The lowest BCUT2D eigenvalue weighted by molar-refractivity contribution is 0.146. The first kappa shape index (κ1) is 30.8. The molecule has 44 heavy (non-hydrogen) atoms. The third-order valence-corrected chi connectivity index (χ3v) is 9.64. The summed E-state index contributed by atoms with van der Waals surface area (Å²) in [6, 6.07) is 8.47. The number of hydrogen-bond acceptors (Lipinski definition) is 2. The van der Waals surface area contributed by atoms with Crippen molar-refractivity contribution < 1.29 is 35.8 Å². The molecule has 3 aromatic carbocycles. The van der Waals surface area contributed by atoms with Crippen molar-refractivity contribution >= 4 is 5.57 Å². The maximum atomic E-state index is 15.0. The van der Waals surface area contributed by atoms with E-state index in [4.69, 9.17) is 9.47 Å². The fraction of sp³-hybridized carbons (Fsp3) is 0.444. The molecule has 1 aliphatic heterocycles. The smallest absolute Gasteiger partial charge is 0.201 e. The average molecular weight is 615 g/mol. The van der Waals surface area contributed by atoms with Crippen LogP contribution in [0.4, 0.5) is 26.3 Å². The molecule has 2 unspecified atom stereocenters. The van der Waals surface area contributed by atoms with Crippen molar-refractivity contribution in [2.75, 3.05) is 13.2 Å². The van der Waals surface area contributed by atoms with Crippen molar-refractivity contribution in [1.82, 2.24) is 0 Å². The van der Waals surface area contributed by atoms with Crippen molar-refractivity contribution in [3.05, 3.63) is 94.1 Å². The fourth-order valence-electron chi connectivity index (χ4n) is 6.96. The maximum Gasteiger partial charge on any atom is 0.201 e. The molecule has 2 aliphatic carbocycles. The van der Waals surface area contributed by atoms with Crippen LogP contribution >= 0.6 is 0 Å². The van der Waals surface area contributed by atoms with Crippen LogP contribution in [-0.2, 0) is 11.2 Å². The Kier molecular flexibility index (Phi) is 9.08. The van der Waals surface area contributed by atoms with E-state index in [9.17, 15) is 26.3 Å². The second-order valence-corrected chi connectivity index (χ2v) is 12.4. The van der Waals surface area contributed by atoms with Crippen molar-refractivity contribution in [3.63, 3.8) is 0 Å². The van der Waals surface area contributed by atoms with E-state index >= 15 is 0 Å². The highest BCUT2D eigenvalue weighted by Gasteiger charge is 2.33. The Hall–Kier alpha value is -3.26. The summed E-state index contributed by atoms with van der Waals surface area (Å²) in [5.41, 5.74) is 0.997. The number of aryl methyl sites for hydroxylation is 1. The molecule has 3 aliphatic rings. The Bertz CT molecular complexity index is 1550. The van der Waals surface area contributed by atoms with Crippen LogP contribution in [0.5, 0.6) is 5.75 Å². The Morgan fingerprint density at radius 1 is 0.705 bits per heavy atom. The molecule has 0 aromatic heterocycles. The number of allylic oxidation sites excluding steroid dienone is 2. The highest BCUT2D eigenvalue weighted by atomic mass is 19.2. The summed E-state index contributed by atoms with van der Waals surface area (Å²) in [6.07, 6.45) is 8.86. The summed E-state index contributed by atoms with van der Waals surface area (Å²) in [7, 11) is 0. The van der Waals surface area contributed by atoms with Crippen LogP contribution in [0.2, 0.25) is 0 Å². The highest BCUT2D eigenvalue weighted by Crippen LogP contribution is 2.43. The van der Waals surface area contributed by atoms with Gasteiger partial charge < -0.3 is 9.47 Å². The zero-order valence-electron chi connectivity index (χ0n) is 24.7. The largest absolute Gasteiger partial charge is 0.490 e. The van der Waals surface area contributed by atoms with Crippen LogP contribution in [0, 0.1) is 52.7 Å². The lowest BCUT2D eigenvalue weighted by Crippen LogP contribution is -2.26. The van der Waals surface area contributed by atoms with Gasteiger partial charge in [0, 0.05) is 22.3 Å². The topological polar surface area (TPSA) is 21.8 Å². The molecule has 1 saturated carbocycles. The summed E-state index contributed by atoms with van der Waals surface area (Å²) in [6.45, 7) is 2.51. The van der Waals surface area contributed by atoms with Gasteiger partial charge in [0.15, 0.2) is 34.8 Å². The number of rotatable bonds is 9. The molecule has 0 spiro atoms. The Morgan fingerprint density at radius 2 is 1.36 bits per heavy atom. The van der Waals surface area contributed by atoms with E-state index in [-0.39, 0.29) is 46.6 Å². The molecular weight excluding hydrogens is 578 g/mol. The first-order valence-electron chi connectivity index (χ1n) is 15.6. The molecular formula is C36H36F6O2. The average Bonchev–Trinajstić information content (AvgIpc) is 3.88. The zero-order chi connectivity index (χ0) is 31.0. The van der Waals surface area contributed by atoms with Crippen molar-refractivity contribution in [1.29, 1.82) is 0 Å². The van der Waals surface area contributed by atoms with Gasteiger partial charge in [0.25, 0.3) is 0 Å². The molecule has 0 N–H and O–H groups in total. The van der Waals surface area contributed by atoms with Gasteiger partial charge in [0.05, 0.1) is 13.2 Å². The highest BCUT2D eigenvalue weighted by molar-refractivity contribution is 5.68. The molecule has 2 atom stereocenters. The van der Waals surface area contributed by atoms with E-state index in [0.717, 1.165) is 44.1 Å². The molecule has 0 amide bonds. The summed E-state index contributed by atoms with van der Waals surface area (Å²) in [5.74, 6) is -5.41. The number of ether oxygens (including phenoxy) is 2. The quantitative estimate of drug-likeness (QED) is 0.177. The molecule has 0 bridgehead atoms. The van der Waals surface area contributed by atoms with Crippen LogP contribution < -0.4 is 4.74 Å². The van der Waals surface area contributed by atoms with Crippen LogP contribution in [0.15, 0.2) is 42.5 Å². The second-order valence-electron chi connectivity index (χ2n) is 12.4. The lowest BCUT2D eigenvalue weighted by Gasteiger charge is -2.35. The summed E-state index contributed by atoms with van der Waals surface area (Å²) >= 11 is 0. The third-order valence-electron chi connectivity index (χ3n) is 9.64. The molecule has 8 heteroatoms. The molecule has 2 nitrogen and oxygen atoms in total. The Morgan fingerprint density at radius 3 is 2.02 bits per heavy atom. The summed E-state index contributed by atoms with van der Waals surface area (Å²) < 4.78 is 99.1. The van der Waals surface area contributed by atoms with E-state index < -0.39 is 34.9 Å². The van der Waals surface area contributed by atoms with E-state index in [2.05, 4.69) is 6.08 Å². The van der Waals surface area contributed by atoms with Gasteiger partial charge in [-0.1, -0.05) is 43.7 Å². The van der Waals surface area contributed by atoms with Crippen LogP contribution in [0.25, 0.3) is 16.7 Å². The minimum Gasteiger partial charge on any atom is -0.490 e. The second kappa shape index (κ2) is 13.0. The van der Waals surface area contributed by atoms with Gasteiger partial charge in [-0.25, -0.2) is 22.0 Å². The van der Waals surface area contributed by atoms with E-state index in [1.807, 2.05) is 6.92 Å². The van der Waals surface area contributed by atoms with Crippen molar-refractivity contribution in [3.8, 4) is 16.9 Å². The van der Waals surface area contributed by atoms with Gasteiger partial charge in [-0.3, -0.25) is 0 Å². The molecule has 6 rings (SSSR count). The predicted octanol–water partition coefficient (Wildman–Crippen LogP) is 10.3. The molecule has 234 valence electrons. The minimum atomic E-state index is -1.27. The molecule has 0 radical (unpaired) electrons. The van der Waals surface area contributed by atoms with Crippen LogP contribution in [-0.4, -0.2) is 13.2 Å². The van der Waals surface area contributed by atoms with Crippen molar-refractivity contribution in [2.24, 2.45) is 17.8 Å². The van der Waals surface area contributed by atoms with Gasteiger partial charge in [-0.2, -0.15) is 4.39 Å². The van der Waals surface area contributed by atoms with E-state index in [1.165, 1.54) is 24.3 Å². The number of hydrogen-bond donors (Lipinski definition) is 0. The molecule has 1 heterocycles. The van der Waals surface area contributed by atoms with Gasteiger partial charge in [-0.15, -0.1) is 0 Å². The molecule has 1 saturated heterocycles. The van der Waals surface area contributed by atoms with Crippen LogP contribution in [0.3, 0.4) is 0 Å². The Balaban J connectivity index is 1.02. The zero-order valence-corrected chi connectivity index (χ0v) is 24.7. The first-order chi connectivity index (χ1) is 21.3. The molecule has 3 aromatic rings. The standard InChI is InChI=1S/C36H36F6O2/c1-2-3-24-12-13-26(33(39)31(24)37)27-16-17-29(36(42)34(27)40)43-18-20-4-6-21(7-5-20)22-8-10-23(11-9-22)25-14-15-28(30-19-44-30)35(41)32(25)38/h10,12-17,20-22,30H,2-9,11,18-19H2,1H3. The third kappa shape index (κ3) is 6.15. The van der Waals surface area contributed by atoms with Gasteiger partial charge in [0.1, 0.15) is 6.10 Å². The summed E-state index contributed by atoms with van der Waals surface area (Å²) in [5, 5.41) is 0. The maximum absolute atomic E-state index is 15.0. The number of halogens is 6. The SMILES string of the molecule is CCCc1ccc(-c2ccc(OCC3CCC(C4CC=C(c5ccc(C6CO6)c(F)c5F)CC4)CC3)c(F)c2F)c(F)c1F. The number of epoxide rings is 1. The lowest BCUT2D eigenvalue weighted by atomic mass is 9.71. The van der Waals surface area contributed by atoms with Crippen molar-refractivity contribution in [2.45, 2.75) is 70.8 Å². The van der Waals surface area contributed by atoms with Gasteiger partial charge in [-0.05, 0) is 92.4 Å². The van der Waals surface area contributed by atoms with Gasteiger partial charge in [0.2, 0.25) is 5.82 Å². The Labute approximate surface area is 254 Å². The van der Waals surface area contributed by atoms with Crippen LogP contribution in [0.1, 0.15) is 81.1 Å². The molecule has 2 fully saturated rings. The van der Waals surface area contributed by atoms with E-state index in [0.29, 0.717) is 43.3 Å². The summed E-state index contributed by atoms with van der Waals surface area (Å²) in [4.78, 5) is 0. The van der Waals surface area contributed by atoms with Gasteiger partial charge >= 0.3 is 0 Å².